The molecule has 3 aromatic carbocycles. The standard InChI is InChI=1S/C28H25NO5/c1-2-33-28(27(31)32)18-22(20-10-5-3-6-11-20)16-23(19-28)29-26(30)21-12-9-15-25(17-21)34-24-13-7-4-8-14-24/h3-17,19H,2,18H2,1H3,(H,29,30)(H,31,32). The third kappa shape index (κ3) is 5.24. The number of carbonyl (C=O) groups excluding carboxylic acids is 1. The molecule has 4 rings (SSSR count). The predicted octanol–water partition coefficient (Wildman–Crippen LogP) is 5.44. The van der Waals surface area contributed by atoms with Crippen LogP contribution in [0.3, 0.4) is 0 Å². The maximum absolute atomic E-state index is 13.1. The van der Waals surface area contributed by atoms with Crippen molar-refractivity contribution in [2.45, 2.75) is 18.9 Å². The third-order valence-electron chi connectivity index (χ3n) is 5.41. The van der Waals surface area contributed by atoms with E-state index in [4.69, 9.17) is 9.47 Å². The van der Waals surface area contributed by atoms with Crippen molar-refractivity contribution in [2.75, 3.05) is 6.61 Å². The van der Waals surface area contributed by atoms with Crippen LogP contribution < -0.4 is 10.1 Å². The van der Waals surface area contributed by atoms with Crippen molar-refractivity contribution in [1.29, 1.82) is 0 Å². The molecule has 1 aliphatic carbocycles. The number of ether oxygens (including phenoxy) is 2. The minimum Gasteiger partial charge on any atom is -0.479 e. The molecule has 0 spiro atoms. The Morgan fingerprint density at radius 1 is 0.941 bits per heavy atom. The summed E-state index contributed by atoms with van der Waals surface area (Å²) in [5, 5.41) is 12.8. The predicted molar refractivity (Wildman–Crippen MR) is 130 cm³/mol. The first kappa shape index (κ1) is 23.0. The summed E-state index contributed by atoms with van der Waals surface area (Å²) in [5.41, 5.74) is 0.795. The molecule has 1 unspecified atom stereocenters. The molecule has 0 saturated heterocycles. The monoisotopic (exact) mass is 455 g/mol. The van der Waals surface area contributed by atoms with Gasteiger partial charge in [-0.25, -0.2) is 4.79 Å². The van der Waals surface area contributed by atoms with Crippen LogP contribution in [0.5, 0.6) is 11.5 Å². The van der Waals surface area contributed by atoms with Crippen LogP contribution in [0.25, 0.3) is 5.57 Å². The smallest absolute Gasteiger partial charge is 0.340 e. The van der Waals surface area contributed by atoms with Gasteiger partial charge < -0.3 is 19.9 Å². The number of para-hydroxylation sites is 1. The maximum Gasteiger partial charge on any atom is 0.340 e. The molecule has 6 nitrogen and oxygen atoms in total. The van der Waals surface area contributed by atoms with Crippen LogP contribution in [0.15, 0.2) is 103 Å². The van der Waals surface area contributed by atoms with Gasteiger partial charge in [0.05, 0.1) is 0 Å². The Morgan fingerprint density at radius 2 is 1.62 bits per heavy atom. The van der Waals surface area contributed by atoms with Crippen LogP contribution >= 0.6 is 0 Å². The Labute approximate surface area is 198 Å². The molecule has 0 heterocycles. The van der Waals surface area contributed by atoms with Crippen LogP contribution in [-0.4, -0.2) is 29.2 Å². The highest BCUT2D eigenvalue weighted by atomic mass is 16.5. The zero-order chi connectivity index (χ0) is 24.0. The van der Waals surface area contributed by atoms with Gasteiger partial charge in [-0.1, -0.05) is 54.6 Å². The molecule has 3 aromatic rings. The molecule has 0 bridgehead atoms. The Kier molecular flexibility index (Phi) is 6.90. The number of carboxylic acids is 1. The summed E-state index contributed by atoms with van der Waals surface area (Å²) in [4.78, 5) is 25.3. The lowest BCUT2D eigenvalue weighted by Gasteiger charge is -2.31. The Bertz CT molecular complexity index is 1230. The topological polar surface area (TPSA) is 84.9 Å². The first-order valence-electron chi connectivity index (χ1n) is 11.0. The fraction of sp³-hybridized carbons (Fsp3) is 0.143. The van der Waals surface area contributed by atoms with E-state index in [1.807, 2.05) is 60.7 Å². The number of benzene rings is 3. The molecular weight excluding hydrogens is 430 g/mol. The molecule has 1 amide bonds. The Balaban J connectivity index is 1.62. The second-order valence-electron chi connectivity index (χ2n) is 7.84. The quantitative estimate of drug-likeness (QED) is 0.472. The number of aliphatic carboxylic acids is 1. The molecule has 0 aromatic heterocycles. The lowest BCUT2D eigenvalue weighted by atomic mass is 9.85. The fourth-order valence-corrected chi connectivity index (χ4v) is 3.85. The molecule has 0 aliphatic heterocycles. The van der Waals surface area contributed by atoms with Crippen molar-refractivity contribution in [1.82, 2.24) is 5.32 Å². The van der Waals surface area contributed by atoms with Gasteiger partial charge in [0.2, 0.25) is 0 Å². The lowest BCUT2D eigenvalue weighted by molar-refractivity contribution is -0.158. The minimum atomic E-state index is -1.57. The zero-order valence-electron chi connectivity index (χ0n) is 18.7. The molecule has 172 valence electrons. The molecule has 1 aliphatic rings. The number of carboxylic acid groups (broad SMARTS) is 1. The van der Waals surface area contributed by atoms with Crippen LogP contribution in [0.1, 0.15) is 29.3 Å². The van der Waals surface area contributed by atoms with Crippen LogP contribution in [-0.2, 0) is 9.53 Å². The van der Waals surface area contributed by atoms with Gasteiger partial charge in [-0.3, -0.25) is 4.79 Å². The molecule has 0 radical (unpaired) electrons. The summed E-state index contributed by atoms with van der Waals surface area (Å²) >= 11 is 0. The van der Waals surface area contributed by atoms with E-state index >= 15 is 0 Å². The summed E-state index contributed by atoms with van der Waals surface area (Å²) < 4.78 is 11.5. The molecule has 34 heavy (non-hydrogen) atoms. The average Bonchev–Trinajstić information content (AvgIpc) is 2.85. The van der Waals surface area contributed by atoms with Gasteiger partial charge in [0.25, 0.3) is 5.91 Å². The van der Waals surface area contributed by atoms with Crippen LogP contribution in [0.4, 0.5) is 0 Å². The number of hydrogen-bond donors (Lipinski definition) is 2. The van der Waals surface area contributed by atoms with Gasteiger partial charge in [0.15, 0.2) is 5.60 Å². The molecule has 6 heteroatoms. The van der Waals surface area contributed by atoms with E-state index in [0.717, 1.165) is 11.1 Å². The van der Waals surface area contributed by atoms with Gasteiger partial charge in [0.1, 0.15) is 11.5 Å². The fourth-order valence-electron chi connectivity index (χ4n) is 3.85. The van der Waals surface area contributed by atoms with E-state index in [0.29, 0.717) is 22.8 Å². The summed E-state index contributed by atoms with van der Waals surface area (Å²) in [6.45, 7) is 1.96. The SMILES string of the molecule is CCOC1(C(=O)O)C=C(NC(=O)c2cccc(Oc3ccccc3)c2)C=C(c2ccccc2)C1. The van der Waals surface area contributed by atoms with Crippen molar-refractivity contribution in [3.05, 3.63) is 114 Å². The molecule has 2 N–H and O–H groups in total. The average molecular weight is 456 g/mol. The van der Waals surface area contributed by atoms with Gasteiger partial charge in [0, 0.05) is 24.3 Å². The Hall–Kier alpha value is -4.16. The second-order valence-corrected chi connectivity index (χ2v) is 7.84. The summed E-state index contributed by atoms with van der Waals surface area (Å²) in [5.74, 6) is -0.313. The van der Waals surface area contributed by atoms with Crippen molar-refractivity contribution in [3.8, 4) is 11.5 Å². The maximum atomic E-state index is 13.1. The van der Waals surface area contributed by atoms with E-state index in [-0.39, 0.29) is 18.9 Å². The lowest BCUT2D eigenvalue weighted by Crippen LogP contribution is -2.43. The third-order valence-corrected chi connectivity index (χ3v) is 5.41. The summed E-state index contributed by atoms with van der Waals surface area (Å²) in [7, 11) is 0. The highest BCUT2D eigenvalue weighted by Gasteiger charge is 2.41. The number of rotatable bonds is 8. The normalized spacial score (nSPS) is 17.3. The highest BCUT2D eigenvalue weighted by Crippen LogP contribution is 2.35. The van der Waals surface area contributed by atoms with E-state index < -0.39 is 11.6 Å². The van der Waals surface area contributed by atoms with Gasteiger partial charge in [-0.05, 0) is 60.5 Å². The van der Waals surface area contributed by atoms with Crippen LogP contribution in [0, 0.1) is 0 Å². The largest absolute Gasteiger partial charge is 0.479 e. The van der Waals surface area contributed by atoms with Gasteiger partial charge in [-0.15, -0.1) is 0 Å². The number of amides is 1. The van der Waals surface area contributed by atoms with E-state index in [1.165, 1.54) is 6.08 Å². The number of carbonyl (C=O) groups is 2. The molecule has 0 fully saturated rings. The highest BCUT2D eigenvalue weighted by molar-refractivity contribution is 5.97. The zero-order valence-corrected chi connectivity index (χ0v) is 18.7. The molecule has 0 saturated carbocycles. The van der Waals surface area contributed by atoms with Crippen molar-refractivity contribution < 1.29 is 24.2 Å². The van der Waals surface area contributed by atoms with Crippen molar-refractivity contribution in [3.63, 3.8) is 0 Å². The van der Waals surface area contributed by atoms with Crippen molar-refractivity contribution >= 4 is 17.4 Å². The van der Waals surface area contributed by atoms with Crippen molar-refractivity contribution in [2.24, 2.45) is 0 Å². The van der Waals surface area contributed by atoms with E-state index in [2.05, 4.69) is 5.32 Å². The molecular formula is C28H25NO5. The summed E-state index contributed by atoms with van der Waals surface area (Å²) in [6.07, 6.45) is 3.41. The number of hydrogen-bond acceptors (Lipinski definition) is 4. The number of nitrogens with one attached hydrogen (secondary N) is 1. The first-order chi connectivity index (χ1) is 16.5. The first-order valence-corrected chi connectivity index (χ1v) is 11.0. The van der Waals surface area contributed by atoms with Crippen LogP contribution in [0.2, 0.25) is 0 Å². The van der Waals surface area contributed by atoms with E-state index in [9.17, 15) is 14.7 Å². The minimum absolute atomic E-state index is 0.153. The van der Waals surface area contributed by atoms with Gasteiger partial charge >= 0.3 is 5.97 Å². The van der Waals surface area contributed by atoms with Gasteiger partial charge in [-0.2, -0.15) is 0 Å². The second kappa shape index (κ2) is 10.2. The number of allylic oxidation sites excluding steroid dienone is 1. The molecule has 1 atom stereocenters. The summed E-state index contributed by atoms with van der Waals surface area (Å²) in [6, 6.07) is 25.6. The Morgan fingerprint density at radius 3 is 2.29 bits per heavy atom. The van der Waals surface area contributed by atoms with E-state index in [1.54, 1.807) is 37.3 Å².